The van der Waals surface area contributed by atoms with Gasteiger partial charge in [0.15, 0.2) is 5.16 Å². The number of aliphatic hydroxyl groups is 1. The summed E-state index contributed by atoms with van der Waals surface area (Å²) in [5.41, 5.74) is 2.18. The van der Waals surface area contributed by atoms with E-state index in [0.717, 1.165) is 65.6 Å². The van der Waals surface area contributed by atoms with E-state index in [0.29, 0.717) is 19.7 Å². The number of thioether (sulfide) groups is 2. The van der Waals surface area contributed by atoms with E-state index in [1.807, 2.05) is 41.7 Å². The van der Waals surface area contributed by atoms with Crippen molar-refractivity contribution in [1.29, 1.82) is 0 Å². The second-order valence-corrected chi connectivity index (χ2v) is 9.43. The van der Waals surface area contributed by atoms with E-state index < -0.39 is 6.10 Å². The molecule has 0 amide bonds. The maximum absolute atomic E-state index is 10.3. The van der Waals surface area contributed by atoms with Crippen molar-refractivity contribution in [3.63, 3.8) is 0 Å². The second kappa shape index (κ2) is 10.0. The van der Waals surface area contributed by atoms with Crippen molar-refractivity contribution in [3.8, 4) is 5.75 Å². The summed E-state index contributed by atoms with van der Waals surface area (Å²) in [7, 11) is 0. The van der Waals surface area contributed by atoms with Crippen LogP contribution in [0.2, 0.25) is 0 Å². The lowest BCUT2D eigenvalue weighted by atomic mass is 10.2. The van der Waals surface area contributed by atoms with Crippen molar-refractivity contribution in [2.45, 2.75) is 30.9 Å². The van der Waals surface area contributed by atoms with Gasteiger partial charge in [0.2, 0.25) is 0 Å². The number of aliphatic hydroxyl groups excluding tert-OH is 1. The number of ether oxygens (including phenoxy) is 1. The van der Waals surface area contributed by atoms with Gasteiger partial charge in [-0.2, -0.15) is 11.8 Å². The molecule has 4 rings (SSSR count). The van der Waals surface area contributed by atoms with Gasteiger partial charge in [0.1, 0.15) is 18.5 Å². The molecular weight excluding hydrogens is 392 g/mol. The highest BCUT2D eigenvalue weighted by atomic mass is 32.2. The van der Waals surface area contributed by atoms with Crippen LogP contribution in [0.15, 0.2) is 35.6 Å². The van der Waals surface area contributed by atoms with E-state index in [1.54, 1.807) is 0 Å². The zero-order valence-corrected chi connectivity index (χ0v) is 17.7. The van der Waals surface area contributed by atoms with Crippen molar-refractivity contribution in [2.24, 2.45) is 0 Å². The second-order valence-electron chi connectivity index (χ2n) is 7.15. The highest BCUT2D eigenvalue weighted by Gasteiger charge is 2.16. The van der Waals surface area contributed by atoms with E-state index in [9.17, 15) is 5.11 Å². The number of hydrogen-bond donors (Lipinski definition) is 2. The van der Waals surface area contributed by atoms with Gasteiger partial charge in [0.05, 0.1) is 5.69 Å². The molecule has 1 aromatic heterocycles. The zero-order valence-electron chi connectivity index (χ0n) is 16.0. The molecule has 0 bridgehead atoms. The summed E-state index contributed by atoms with van der Waals surface area (Å²) in [4.78, 5) is 6.97. The first-order valence-electron chi connectivity index (χ1n) is 9.86. The van der Waals surface area contributed by atoms with Crippen LogP contribution in [0.5, 0.6) is 5.75 Å². The topological polar surface area (TPSA) is 62.6 Å². The third-order valence-electron chi connectivity index (χ3n) is 4.95. The SMILES string of the molecule is O[C@@H](COc1ccccc1CNCc1cn2c(n1)SCC2)CN1CCSCC1. The molecule has 2 aliphatic heterocycles. The molecule has 0 radical (unpaired) electrons. The number of β-amino-alcohol motifs (C(OH)–C–C–N with tert-alkyl or cyclic N) is 1. The Morgan fingerprint density at radius 2 is 2.00 bits per heavy atom. The molecule has 2 aromatic rings. The first-order chi connectivity index (χ1) is 13.8. The summed E-state index contributed by atoms with van der Waals surface area (Å²) in [5, 5.41) is 14.9. The summed E-state index contributed by atoms with van der Waals surface area (Å²) >= 11 is 3.80. The minimum Gasteiger partial charge on any atom is -0.491 e. The number of fused-ring (bicyclic) bond motifs is 1. The molecule has 1 saturated heterocycles. The van der Waals surface area contributed by atoms with E-state index in [-0.39, 0.29) is 0 Å². The Labute approximate surface area is 175 Å². The average molecular weight is 421 g/mol. The molecule has 0 unspecified atom stereocenters. The van der Waals surface area contributed by atoms with Crippen LogP contribution in [-0.2, 0) is 19.6 Å². The minimum absolute atomic E-state index is 0.325. The molecule has 0 spiro atoms. The molecule has 1 atom stereocenters. The van der Waals surface area contributed by atoms with Gasteiger partial charge in [-0.3, -0.25) is 4.90 Å². The summed E-state index contributed by atoms with van der Waals surface area (Å²) < 4.78 is 8.17. The number of nitrogens with zero attached hydrogens (tertiary/aromatic N) is 3. The van der Waals surface area contributed by atoms with E-state index >= 15 is 0 Å². The molecule has 1 aromatic carbocycles. The maximum Gasteiger partial charge on any atom is 0.168 e. The van der Waals surface area contributed by atoms with Gasteiger partial charge in [-0.25, -0.2) is 4.98 Å². The number of para-hydroxylation sites is 1. The monoisotopic (exact) mass is 420 g/mol. The van der Waals surface area contributed by atoms with Gasteiger partial charge in [-0.05, 0) is 6.07 Å². The first-order valence-corrected chi connectivity index (χ1v) is 12.0. The highest BCUT2D eigenvalue weighted by Crippen LogP contribution is 2.24. The van der Waals surface area contributed by atoms with Crippen molar-refractivity contribution >= 4 is 23.5 Å². The fourth-order valence-corrected chi connectivity index (χ4v) is 5.42. The van der Waals surface area contributed by atoms with E-state index in [4.69, 9.17) is 4.74 Å². The van der Waals surface area contributed by atoms with Crippen LogP contribution < -0.4 is 10.1 Å². The molecule has 8 heteroatoms. The number of rotatable bonds is 9. The highest BCUT2D eigenvalue weighted by molar-refractivity contribution is 7.99. The van der Waals surface area contributed by atoms with Gasteiger partial charge < -0.3 is 19.7 Å². The lowest BCUT2D eigenvalue weighted by Gasteiger charge is -2.28. The fraction of sp³-hybridized carbons (Fsp3) is 0.550. The third-order valence-corrected chi connectivity index (χ3v) is 6.86. The lowest BCUT2D eigenvalue weighted by Crippen LogP contribution is -2.40. The number of hydrogen-bond acceptors (Lipinski definition) is 7. The average Bonchev–Trinajstić information content (AvgIpc) is 3.30. The van der Waals surface area contributed by atoms with Gasteiger partial charge in [0, 0.05) is 68.3 Å². The van der Waals surface area contributed by atoms with Crippen LogP contribution in [-0.4, -0.2) is 69.2 Å². The molecule has 28 heavy (non-hydrogen) atoms. The summed E-state index contributed by atoms with van der Waals surface area (Å²) in [5.74, 6) is 4.27. The van der Waals surface area contributed by atoms with Crippen LogP contribution in [0.4, 0.5) is 0 Å². The molecule has 0 saturated carbocycles. The Kier molecular flexibility index (Phi) is 7.20. The lowest BCUT2D eigenvalue weighted by molar-refractivity contribution is 0.0711. The number of aryl methyl sites for hydroxylation is 1. The number of imidazole rings is 1. The maximum atomic E-state index is 10.3. The molecule has 3 heterocycles. The minimum atomic E-state index is -0.463. The molecule has 2 N–H and O–H groups in total. The largest absolute Gasteiger partial charge is 0.491 e. The van der Waals surface area contributed by atoms with Crippen LogP contribution in [0.3, 0.4) is 0 Å². The standard InChI is InChI=1S/C20H28N4O2S2/c25-18(14-23-5-8-27-9-6-23)15-26-19-4-2-1-3-16(19)11-21-12-17-13-24-7-10-28-20(24)22-17/h1-4,13,18,21,25H,5-12,14-15H2/t18-/m1/s1. The Balaban J connectivity index is 1.24. The van der Waals surface area contributed by atoms with Crippen LogP contribution in [0.25, 0.3) is 0 Å². The van der Waals surface area contributed by atoms with Crippen molar-refractivity contribution in [2.75, 3.05) is 43.5 Å². The van der Waals surface area contributed by atoms with E-state index in [2.05, 4.69) is 32.0 Å². The van der Waals surface area contributed by atoms with Crippen molar-refractivity contribution in [3.05, 3.63) is 41.7 Å². The smallest absolute Gasteiger partial charge is 0.168 e. The molecule has 6 nitrogen and oxygen atoms in total. The third kappa shape index (κ3) is 5.45. The van der Waals surface area contributed by atoms with Gasteiger partial charge >= 0.3 is 0 Å². The molecule has 1 fully saturated rings. The molecule has 152 valence electrons. The van der Waals surface area contributed by atoms with Crippen LogP contribution in [0.1, 0.15) is 11.3 Å². The normalized spacial score (nSPS) is 18.2. The fourth-order valence-electron chi connectivity index (χ4n) is 3.48. The summed E-state index contributed by atoms with van der Waals surface area (Å²) in [6.07, 6.45) is 1.68. The molecular formula is C20H28N4O2S2. The zero-order chi connectivity index (χ0) is 19.2. The summed E-state index contributed by atoms with van der Waals surface area (Å²) in [6.45, 7) is 5.63. The molecule has 2 aliphatic rings. The number of nitrogens with one attached hydrogen (secondary N) is 1. The van der Waals surface area contributed by atoms with E-state index in [1.165, 1.54) is 0 Å². The van der Waals surface area contributed by atoms with Crippen molar-refractivity contribution in [1.82, 2.24) is 19.8 Å². The van der Waals surface area contributed by atoms with Crippen molar-refractivity contribution < 1.29 is 9.84 Å². The quantitative estimate of drug-likeness (QED) is 0.644. The predicted molar refractivity (Wildman–Crippen MR) is 115 cm³/mol. The number of benzene rings is 1. The first kappa shape index (κ1) is 20.1. The Bertz CT molecular complexity index is 743. The van der Waals surface area contributed by atoms with Gasteiger partial charge in [-0.1, -0.05) is 30.0 Å². The van der Waals surface area contributed by atoms with Gasteiger partial charge in [0.25, 0.3) is 0 Å². The van der Waals surface area contributed by atoms with Gasteiger partial charge in [-0.15, -0.1) is 0 Å². The number of aromatic nitrogens is 2. The summed E-state index contributed by atoms with van der Waals surface area (Å²) in [6, 6.07) is 8.04. The predicted octanol–water partition coefficient (Wildman–Crippen LogP) is 2.07. The molecule has 0 aliphatic carbocycles. The Morgan fingerprint density at radius 1 is 1.14 bits per heavy atom. The van der Waals surface area contributed by atoms with Crippen LogP contribution in [0, 0.1) is 0 Å². The Hall–Kier alpha value is -1.19. The Morgan fingerprint density at radius 3 is 2.86 bits per heavy atom. The van der Waals surface area contributed by atoms with Crippen LogP contribution >= 0.6 is 23.5 Å².